The fraction of sp³-hybridized carbons (Fsp3) is 0.280. The van der Waals surface area contributed by atoms with E-state index in [1.165, 1.54) is 11.3 Å². The van der Waals surface area contributed by atoms with Gasteiger partial charge in [-0.2, -0.15) is 0 Å². The second kappa shape index (κ2) is 9.45. The number of fused-ring (bicyclic) bond motifs is 1. The first-order valence-electron chi connectivity index (χ1n) is 11.1. The average Bonchev–Trinajstić information content (AvgIpc) is 3.48. The molecule has 168 valence electrons. The van der Waals surface area contributed by atoms with E-state index in [9.17, 15) is 9.59 Å². The summed E-state index contributed by atoms with van der Waals surface area (Å²) in [4.78, 5) is 38.5. The van der Waals surface area contributed by atoms with E-state index in [1.807, 2.05) is 30.3 Å². The van der Waals surface area contributed by atoms with Gasteiger partial charge < -0.3 is 10.3 Å². The van der Waals surface area contributed by atoms with Gasteiger partial charge in [-0.25, -0.2) is 4.98 Å². The number of rotatable bonds is 6. The first-order valence-corrected chi connectivity index (χ1v) is 12.2. The first-order chi connectivity index (χ1) is 16.1. The van der Waals surface area contributed by atoms with Gasteiger partial charge in [0.15, 0.2) is 10.8 Å². The van der Waals surface area contributed by atoms with Crippen LogP contribution in [-0.4, -0.2) is 32.7 Å². The highest BCUT2D eigenvalue weighted by Gasteiger charge is 2.30. The molecule has 2 N–H and O–H groups in total. The molecular formula is C25H23ClN4O2S. The third kappa shape index (κ3) is 4.84. The number of amides is 1. The zero-order valence-electron chi connectivity index (χ0n) is 17.9. The number of Topliss-reactive ketones (excluding diaryl/α,β-unsaturated/α-hetero) is 1. The minimum absolute atomic E-state index is 0.0395. The van der Waals surface area contributed by atoms with E-state index < -0.39 is 0 Å². The Bertz CT molecular complexity index is 1300. The molecule has 0 unspecified atom stereocenters. The summed E-state index contributed by atoms with van der Waals surface area (Å²) < 4.78 is 0. The number of carbonyl (C=O) groups excluding carboxylic acids is 2. The Morgan fingerprint density at radius 2 is 1.94 bits per heavy atom. The molecule has 0 radical (unpaired) electrons. The molecule has 33 heavy (non-hydrogen) atoms. The van der Waals surface area contributed by atoms with Crippen LogP contribution >= 0.6 is 22.9 Å². The molecule has 5 rings (SSSR count). The highest BCUT2D eigenvalue weighted by atomic mass is 35.5. The molecule has 0 saturated heterocycles. The minimum atomic E-state index is -0.176. The number of aromatic nitrogens is 3. The number of aromatic amines is 1. The summed E-state index contributed by atoms with van der Waals surface area (Å²) in [7, 11) is 0. The molecule has 1 aromatic carbocycles. The van der Waals surface area contributed by atoms with Crippen molar-refractivity contribution in [3.05, 3.63) is 70.7 Å². The summed E-state index contributed by atoms with van der Waals surface area (Å²) in [5, 5.41) is 5.16. The van der Waals surface area contributed by atoms with Crippen molar-refractivity contribution >= 4 is 45.5 Å². The monoisotopic (exact) mass is 478 g/mol. The van der Waals surface area contributed by atoms with Gasteiger partial charge in [-0.1, -0.05) is 24.4 Å². The molecule has 1 saturated carbocycles. The van der Waals surface area contributed by atoms with Crippen LogP contribution in [0.15, 0.2) is 55.0 Å². The van der Waals surface area contributed by atoms with Crippen molar-refractivity contribution in [2.75, 3.05) is 0 Å². The first kappa shape index (κ1) is 21.8. The Morgan fingerprint density at radius 3 is 2.79 bits per heavy atom. The van der Waals surface area contributed by atoms with Crippen molar-refractivity contribution in [2.24, 2.45) is 5.92 Å². The topological polar surface area (TPSA) is 87.7 Å². The standard InChI is InChI=1S/C25H23ClN4O2S/c26-18-5-6-20-17(11-18)12-21(29-20)22(31)13-16-3-1-2-4-19(16)30-24(32)25-28-14-23(33-25)15-7-9-27-10-8-15/h5-12,14,16,19,29H,1-4,13H2,(H,30,32)/t16-,19+/m1/s1. The molecule has 0 spiro atoms. The maximum Gasteiger partial charge on any atom is 0.280 e. The van der Waals surface area contributed by atoms with E-state index in [2.05, 4.69) is 20.3 Å². The molecule has 4 aromatic rings. The van der Waals surface area contributed by atoms with Gasteiger partial charge >= 0.3 is 0 Å². The second-order valence-electron chi connectivity index (χ2n) is 8.43. The third-order valence-electron chi connectivity index (χ3n) is 6.22. The van der Waals surface area contributed by atoms with Gasteiger partial charge in [0.05, 0.1) is 10.6 Å². The van der Waals surface area contributed by atoms with Crippen LogP contribution in [0.25, 0.3) is 21.3 Å². The van der Waals surface area contributed by atoms with Crippen molar-refractivity contribution in [3.8, 4) is 10.4 Å². The van der Waals surface area contributed by atoms with Crippen molar-refractivity contribution in [2.45, 2.75) is 38.1 Å². The van der Waals surface area contributed by atoms with Crippen LogP contribution in [-0.2, 0) is 0 Å². The molecule has 1 aliphatic carbocycles. The molecule has 3 aromatic heterocycles. The molecule has 6 nitrogen and oxygen atoms in total. The van der Waals surface area contributed by atoms with Crippen LogP contribution in [0.3, 0.4) is 0 Å². The number of carbonyl (C=O) groups is 2. The van der Waals surface area contributed by atoms with Crippen LogP contribution in [0.5, 0.6) is 0 Å². The van der Waals surface area contributed by atoms with Crippen molar-refractivity contribution < 1.29 is 9.59 Å². The highest BCUT2D eigenvalue weighted by Crippen LogP contribution is 2.30. The van der Waals surface area contributed by atoms with Crippen LogP contribution in [0.4, 0.5) is 0 Å². The SMILES string of the molecule is O=C(C[C@H]1CCCC[C@@H]1NC(=O)c1ncc(-c2ccncc2)s1)c1cc2cc(Cl)ccc2[nH]1. The van der Waals surface area contributed by atoms with E-state index in [0.29, 0.717) is 22.1 Å². The Balaban J connectivity index is 1.27. The molecule has 0 bridgehead atoms. The fourth-order valence-electron chi connectivity index (χ4n) is 4.50. The second-order valence-corrected chi connectivity index (χ2v) is 9.90. The summed E-state index contributed by atoms with van der Waals surface area (Å²) >= 11 is 7.44. The van der Waals surface area contributed by atoms with Crippen LogP contribution in [0, 0.1) is 5.92 Å². The molecule has 1 fully saturated rings. The molecule has 0 aliphatic heterocycles. The van der Waals surface area contributed by atoms with Gasteiger partial charge in [0.2, 0.25) is 0 Å². The van der Waals surface area contributed by atoms with E-state index in [0.717, 1.165) is 47.0 Å². The number of benzene rings is 1. The summed E-state index contributed by atoms with van der Waals surface area (Å²) in [6, 6.07) is 11.2. The lowest BCUT2D eigenvalue weighted by molar-refractivity contribution is 0.0858. The summed E-state index contributed by atoms with van der Waals surface area (Å²) in [5.41, 5.74) is 2.47. The molecule has 1 aliphatic rings. The Morgan fingerprint density at radius 1 is 1.12 bits per heavy atom. The molecule has 1 amide bonds. The van der Waals surface area contributed by atoms with E-state index in [-0.39, 0.29) is 23.7 Å². The number of halogens is 1. The number of nitrogens with one attached hydrogen (secondary N) is 2. The van der Waals surface area contributed by atoms with E-state index in [4.69, 9.17) is 11.6 Å². The van der Waals surface area contributed by atoms with Crippen molar-refractivity contribution in [3.63, 3.8) is 0 Å². The Kier molecular flexibility index (Phi) is 6.24. The van der Waals surface area contributed by atoms with Gasteiger partial charge in [-0.3, -0.25) is 14.6 Å². The zero-order chi connectivity index (χ0) is 22.8. The van der Waals surface area contributed by atoms with Crippen LogP contribution < -0.4 is 5.32 Å². The van der Waals surface area contributed by atoms with Crippen LogP contribution in [0.1, 0.15) is 52.4 Å². The summed E-state index contributed by atoms with van der Waals surface area (Å²) in [6.07, 6.45) is 9.46. The third-order valence-corrected chi connectivity index (χ3v) is 7.50. The van der Waals surface area contributed by atoms with Gasteiger partial charge in [0.25, 0.3) is 5.91 Å². The van der Waals surface area contributed by atoms with E-state index >= 15 is 0 Å². The number of thiazole rings is 1. The number of hydrogen-bond acceptors (Lipinski definition) is 5. The predicted molar refractivity (Wildman–Crippen MR) is 131 cm³/mol. The van der Waals surface area contributed by atoms with Gasteiger partial charge in [-0.15, -0.1) is 11.3 Å². The lowest BCUT2D eigenvalue weighted by atomic mass is 9.81. The number of H-pyrrole nitrogens is 1. The number of nitrogens with zero attached hydrogens (tertiary/aromatic N) is 2. The Hall–Kier alpha value is -3.03. The number of ketones is 1. The quantitative estimate of drug-likeness (QED) is 0.337. The van der Waals surface area contributed by atoms with Gasteiger partial charge in [0, 0.05) is 47.0 Å². The maximum atomic E-state index is 13.0. The molecule has 3 heterocycles. The largest absolute Gasteiger partial charge is 0.352 e. The van der Waals surface area contributed by atoms with Crippen molar-refractivity contribution in [1.29, 1.82) is 0 Å². The predicted octanol–water partition coefficient (Wildman–Crippen LogP) is 5.90. The highest BCUT2D eigenvalue weighted by molar-refractivity contribution is 7.16. The normalized spacial score (nSPS) is 18.3. The average molecular weight is 479 g/mol. The van der Waals surface area contributed by atoms with E-state index in [1.54, 1.807) is 24.7 Å². The lowest BCUT2D eigenvalue weighted by Crippen LogP contribution is -2.42. The Labute approximate surface area is 200 Å². The van der Waals surface area contributed by atoms with Crippen molar-refractivity contribution in [1.82, 2.24) is 20.3 Å². The summed E-state index contributed by atoms with van der Waals surface area (Å²) in [5.74, 6) is -0.0163. The molecular weight excluding hydrogens is 456 g/mol. The van der Waals surface area contributed by atoms with Gasteiger partial charge in [0.1, 0.15) is 0 Å². The minimum Gasteiger partial charge on any atom is -0.352 e. The molecule has 8 heteroatoms. The van der Waals surface area contributed by atoms with Crippen LogP contribution in [0.2, 0.25) is 5.02 Å². The fourth-order valence-corrected chi connectivity index (χ4v) is 5.51. The maximum absolute atomic E-state index is 13.0. The number of pyridine rings is 1. The smallest absolute Gasteiger partial charge is 0.280 e. The summed E-state index contributed by atoms with van der Waals surface area (Å²) in [6.45, 7) is 0. The zero-order valence-corrected chi connectivity index (χ0v) is 19.5. The molecule has 2 atom stereocenters. The number of hydrogen-bond donors (Lipinski definition) is 2. The van der Waals surface area contributed by atoms with Gasteiger partial charge in [-0.05, 0) is 60.7 Å². The lowest BCUT2D eigenvalue weighted by Gasteiger charge is -2.31.